The summed E-state index contributed by atoms with van der Waals surface area (Å²) in [6.45, 7) is 4.58. The molecule has 1 aromatic heterocycles. The monoisotopic (exact) mass is 264 g/mol. The van der Waals surface area contributed by atoms with Crippen LogP contribution in [0.5, 0.6) is 0 Å². The SMILES string of the molecule is CCCNc1cnccc1C(=O)NCCCN(C)C. The van der Waals surface area contributed by atoms with Crippen molar-refractivity contribution in [2.24, 2.45) is 0 Å². The molecular formula is C14H24N4O. The Balaban J connectivity index is 2.51. The Morgan fingerprint density at radius 1 is 1.37 bits per heavy atom. The summed E-state index contributed by atoms with van der Waals surface area (Å²) in [5, 5.41) is 6.16. The Kier molecular flexibility index (Phi) is 6.89. The van der Waals surface area contributed by atoms with Gasteiger partial charge < -0.3 is 15.5 Å². The molecule has 106 valence electrons. The summed E-state index contributed by atoms with van der Waals surface area (Å²) in [7, 11) is 4.05. The minimum absolute atomic E-state index is 0.0419. The van der Waals surface area contributed by atoms with Crippen molar-refractivity contribution in [3.8, 4) is 0 Å². The van der Waals surface area contributed by atoms with Gasteiger partial charge in [0.25, 0.3) is 5.91 Å². The molecule has 1 rings (SSSR count). The molecule has 1 amide bonds. The van der Waals surface area contributed by atoms with E-state index < -0.39 is 0 Å². The molecule has 1 heterocycles. The van der Waals surface area contributed by atoms with Gasteiger partial charge in [0.05, 0.1) is 17.4 Å². The van der Waals surface area contributed by atoms with Crippen LogP contribution in [0.2, 0.25) is 0 Å². The average Bonchev–Trinajstić information content (AvgIpc) is 2.41. The molecule has 0 bridgehead atoms. The molecule has 0 saturated heterocycles. The van der Waals surface area contributed by atoms with Crippen LogP contribution in [-0.2, 0) is 0 Å². The summed E-state index contributed by atoms with van der Waals surface area (Å²) in [6.07, 6.45) is 5.30. The molecule has 0 radical (unpaired) electrons. The van der Waals surface area contributed by atoms with Crippen LogP contribution in [0.4, 0.5) is 5.69 Å². The van der Waals surface area contributed by atoms with Gasteiger partial charge >= 0.3 is 0 Å². The molecule has 1 aromatic rings. The van der Waals surface area contributed by atoms with Gasteiger partial charge in [-0.25, -0.2) is 0 Å². The molecule has 2 N–H and O–H groups in total. The highest BCUT2D eigenvalue weighted by atomic mass is 16.1. The predicted molar refractivity (Wildman–Crippen MR) is 78.5 cm³/mol. The van der Waals surface area contributed by atoms with Gasteiger partial charge in [0.15, 0.2) is 0 Å². The fourth-order valence-electron chi connectivity index (χ4n) is 1.69. The molecule has 0 unspecified atom stereocenters. The maximum Gasteiger partial charge on any atom is 0.253 e. The first-order valence-electron chi connectivity index (χ1n) is 6.76. The number of hydrogen-bond acceptors (Lipinski definition) is 4. The number of carbonyl (C=O) groups excluding carboxylic acids is 1. The van der Waals surface area contributed by atoms with E-state index in [0.717, 1.165) is 31.6 Å². The lowest BCUT2D eigenvalue weighted by Gasteiger charge is -2.12. The third-order valence-corrected chi connectivity index (χ3v) is 2.70. The molecule has 0 aliphatic carbocycles. The third-order valence-electron chi connectivity index (χ3n) is 2.70. The number of nitrogens with one attached hydrogen (secondary N) is 2. The van der Waals surface area contributed by atoms with Crippen molar-refractivity contribution in [3.63, 3.8) is 0 Å². The van der Waals surface area contributed by atoms with E-state index in [4.69, 9.17) is 0 Å². The maximum absolute atomic E-state index is 12.1. The van der Waals surface area contributed by atoms with Crippen LogP contribution in [0.3, 0.4) is 0 Å². The molecule has 0 aliphatic rings. The zero-order chi connectivity index (χ0) is 14.1. The van der Waals surface area contributed by atoms with E-state index in [9.17, 15) is 4.79 Å². The molecule has 0 spiro atoms. The van der Waals surface area contributed by atoms with Crippen molar-refractivity contribution in [2.45, 2.75) is 19.8 Å². The normalized spacial score (nSPS) is 10.5. The third kappa shape index (κ3) is 5.70. The van der Waals surface area contributed by atoms with Crippen molar-refractivity contribution in [3.05, 3.63) is 24.0 Å². The van der Waals surface area contributed by atoms with Gasteiger partial charge in [0.1, 0.15) is 0 Å². The van der Waals surface area contributed by atoms with Crippen LogP contribution < -0.4 is 10.6 Å². The summed E-state index contributed by atoms with van der Waals surface area (Å²) in [6, 6.07) is 1.75. The predicted octanol–water partition coefficient (Wildman–Crippen LogP) is 1.58. The molecule has 19 heavy (non-hydrogen) atoms. The fraction of sp³-hybridized carbons (Fsp3) is 0.571. The van der Waals surface area contributed by atoms with Crippen LogP contribution >= 0.6 is 0 Å². The smallest absolute Gasteiger partial charge is 0.253 e. The van der Waals surface area contributed by atoms with Gasteiger partial charge in [0.2, 0.25) is 0 Å². The summed E-state index contributed by atoms with van der Waals surface area (Å²) < 4.78 is 0. The number of amides is 1. The molecule has 5 nitrogen and oxygen atoms in total. The van der Waals surface area contributed by atoms with Crippen LogP contribution in [0.25, 0.3) is 0 Å². The van der Waals surface area contributed by atoms with Crippen LogP contribution in [-0.4, -0.2) is 49.5 Å². The topological polar surface area (TPSA) is 57.3 Å². The summed E-state index contributed by atoms with van der Waals surface area (Å²) in [5.41, 5.74) is 1.46. The van der Waals surface area contributed by atoms with Gasteiger partial charge in [0, 0.05) is 19.3 Å². The second-order valence-corrected chi connectivity index (χ2v) is 4.76. The maximum atomic E-state index is 12.1. The van der Waals surface area contributed by atoms with Gasteiger partial charge in [-0.15, -0.1) is 0 Å². The van der Waals surface area contributed by atoms with Crippen molar-refractivity contribution in [2.75, 3.05) is 39.0 Å². The number of hydrogen-bond donors (Lipinski definition) is 2. The largest absolute Gasteiger partial charge is 0.383 e. The molecule has 5 heteroatoms. The highest BCUT2D eigenvalue weighted by Gasteiger charge is 2.10. The Hall–Kier alpha value is -1.62. The molecule has 0 saturated carbocycles. The highest BCUT2D eigenvalue weighted by molar-refractivity contribution is 5.99. The number of nitrogens with zero attached hydrogens (tertiary/aromatic N) is 2. The van der Waals surface area contributed by atoms with Gasteiger partial charge in [-0.05, 0) is 39.5 Å². The Bertz CT molecular complexity index is 393. The standard InChI is InChI=1S/C14H24N4O/c1-4-7-16-13-11-15-9-6-12(13)14(19)17-8-5-10-18(2)3/h6,9,11,16H,4-5,7-8,10H2,1-3H3,(H,17,19). The molecule has 0 atom stereocenters. The Morgan fingerprint density at radius 3 is 2.84 bits per heavy atom. The van der Waals surface area contributed by atoms with Crippen LogP contribution in [0.15, 0.2) is 18.5 Å². The van der Waals surface area contributed by atoms with Crippen LogP contribution in [0, 0.1) is 0 Å². The zero-order valence-corrected chi connectivity index (χ0v) is 12.1. The van der Waals surface area contributed by atoms with Gasteiger partial charge in [-0.1, -0.05) is 6.92 Å². The quantitative estimate of drug-likeness (QED) is 0.700. The van der Waals surface area contributed by atoms with E-state index >= 15 is 0 Å². The van der Waals surface area contributed by atoms with Gasteiger partial charge in [-0.2, -0.15) is 0 Å². The lowest BCUT2D eigenvalue weighted by atomic mass is 10.2. The summed E-state index contributed by atoms with van der Waals surface area (Å²) in [5.74, 6) is -0.0419. The molecule has 0 aromatic carbocycles. The van der Waals surface area contributed by atoms with Crippen LogP contribution in [0.1, 0.15) is 30.1 Å². The number of anilines is 1. The number of rotatable bonds is 8. The number of pyridine rings is 1. The van der Waals surface area contributed by atoms with E-state index in [-0.39, 0.29) is 5.91 Å². The Labute approximate surface area is 115 Å². The van der Waals surface area contributed by atoms with Crippen molar-refractivity contribution in [1.82, 2.24) is 15.2 Å². The van der Waals surface area contributed by atoms with Crippen molar-refractivity contribution < 1.29 is 4.79 Å². The van der Waals surface area contributed by atoms with E-state index in [1.165, 1.54) is 0 Å². The lowest BCUT2D eigenvalue weighted by molar-refractivity contribution is 0.0953. The number of carbonyl (C=O) groups is 1. The van der Waals surface area contributed by atoms with Crippen molar-refractivity contribution >= 4 is 11.6 Å². The second-order valence-electron chi connectivity index (χ2n) is 4.76. The van der Waals surface area contributed by atoms with E-state index in [1.807, 2.05) is 14.1 Å². The first-order valence-corrected chi connectivity index (χ1v) is 6.76. The first kappa shape index (κ1) is 15.4. The summed E-state index contributed by atoms with van der Waals surface area (Å²) in [4.78, 5) is 18.2. The second kappa shape index (κ2) is 8.48. The van der Waals surface area contributed by atoms with E-state index in [1.54, 1.807) is 18.5 Å². The Morgan fingerprint density at radius 2 is 2.16 bits per heavy atom. The van der Waals surface area contributed by atoms with Crippen molar-refractivity contribution in [1.29, 1.82) is 0 Å². The van der Waals surface area contributed by atoms with E-state index in [2.05, 4.69) is 27.4 Å². The average molecular weight is 264 g/mol. The minimum atomic E-state index is -0.0419. The van der Waals surface area contributed by atoms with Gasteiger partial charge in [-0.3, -0.25) is 9.78 Å². The number of aromatic nitrogens is 1. The first-order chi connectivity index (χ1) is 9.15. The van der Waals surface area contributed by atoms with E-state index in [0.29, 0.717) is 12.1 Å². The summed E-state index contributed by atoms with van der Waals surface area (Å²) >= 11 is 0. The fourth-order valence-corrected chi connectivity index (χ4v) is 1.69. The minimum Gasteiger partial charge on any atom is -0.383 e. The lowest BCUT2D eigenvalue weighted by Crippen LogP contribution is -2.27. The molecular weight excluding hydrogens is 240 g/mol. The zero-order valence-electron chi connectivity index (χ0n) is 12.1. The highest BCUT2D eigenvalue weighted by Crippen LogP contribution is 2.13. The molecule has 0 aliphatic heterocycles. The molecule has 0 fully saturated rings.